The van der Waals surface area contributed by atoms with Gasteiger partial charge in [0.2, 0.25) is 0 Å². The standard InChI is InChI=1S/C13H11O5P/c1-14-19(15-10-6-2-3-7-11(10)16-19)17-12-8-4-5-9-13(12)18-19/h2-9H,1H3. The third kappa shape index (κ3) is 1.37. The fraction of sp³-hybridized carbons (Fsp3) is 0.0769. The third-order valence-electron chi connectivity index (χ3n) is 2.99. The van der Waals surface area contributed by atoms with E-state index >= 15 is 0 Å². The third-order valence-corrected chi connectivity index (χ3v) is 5.56. The molecular weight excluding hydrogens is 267 g/mol. The summed E-state index contributed by atoms with van der Waals surface area (Å²) < 4.78 is 28.7. The molecule has 2 aliphatic heterocycles. The molecule has 5 nitrogen and oxygen atoms in total. The molecule has 98 valence electrons. The normalized spacial score (nSPS) is 21.8. The van der Waals surface area contributed by atoms with Gasteiger partial charge in [0.1, 0.15) is 0 Å². The average Bonchev–Trinajstić information content (AvgIpc) is 2.94. The molecule has 0 fully saturated rings. The van der Waals surface area contributed by atoms with Gasteiger partial charge in [0.05, 0.1) is 0 Å². The fourth-order valence-electron chi connectivity index (χ4n) is 2.11. The second kappa shape index (κ2) is 3.32. The van der Waals surface area contributed by atoms with Crippen molar-refractivity contribution in [3.63, 3.8) is 0 Å². The minimum absolute atomic E-state index is 0.551. The van der Waals surface area contributed by atoms with Crippen molar-refractivity contribution in [3.8, 4) is 23.0 Å². The summed E-state index contributed by atoms with van der Waals surface area (Å²) in [5.41, 5.74) is 0. The van der Waals surface area contributed by atoms with Crippen molar-refractivity contribution in [1.82, 2.24) is 0 Å². The summed E-state index contributed by atoms with van der Waals surface area (Å²) in [7, 11) is -2.63. The second-order valence-electron chi connectivity index (χ2n) is 4.19. The molecule has 0 N–H and O–H groups in total. The molecule has 2 aliphatic rings. The number of fused-ring (bicyclic) bond motifs is 2. The van der Waals surface area contributed by atoms with Crippen LogP contribution in [0.1, 0.15) is 0 Å². The van der Waals surface area contributed by atoms with E-state index in [1.165, 1.54) is 7.11 Å². The summed E-state index contributed by atoms with van der Waals surface area (Å²) >= 11 is 0. The number of para-hydroxylation sites is 4. The van der Waals surface area contributed by atoms with Crippen molar-refractivity contribution in [3.05, 3.63) is 48.5 Å². The number of rotatable bonds is 1. The van der Waals surface area contributed by atoms with Gasteiger partial charge >= 0.3 is 109 Å². The van der Waals surface area contributed by atoms with Gasteiger partial charge in [-0.2, -0.15) is 0 Å². The molecule has 0 atom stereocenters. The molecule has 0 bridgehead atoms. The number of hydrogen-bond donors (Lipinski definition) is 0. The monoisotopic (exact) mass is 278 g/mol. The summed E-state index contributed by atoms with van der Waals surface area (Å²) in [4.78, 5) is 0. The molecule has 2 aromatic rings. The van der Waals surface area contributed by atoms with Gasteiger partial charge in [0.15, 0.2) is 0 Å². The second-order valence-corrected chi connectivity index (χ2v) is 6.77. The van der Waals surface area contributed by atoms with Crippen LogP contribution in [0, 0.1) is 0 Å². The van der Waals surface area contributed by atoms with Gasteiger partial charge in [-0.25, -0.2) is 0 Å². The Morgan fingerprint density at radius 1 is 0.684 bits per heavy atom. The van der Waals surface area contributed by atoms with Crippen molar-refractivity contribution in [2.75, 3.05) is 7.11 Å². The zero-order valence-electron chi connectivity index (χ0n) is 10.1. The Kier molecular flexibility index (Phi) is 1.91. The summed E-state index contributed by atoms with van der Waals surface area (Å²) in [5, 5.41) is 0. The zero-order chi connectivity index (χ0) is 12.9. The summed E-state index contributed by atoms with van der Waals surface area (Å²) in [6, 6.07) is 14.5. The Labute approximate surface area is 110 Å². The molecule has 0 saturated carbocycles. The van der Waals surface area contributed by atoms with Gasteiger partial charge < -0.3 is 0 Å². The van der Waals surface area contributed by atoms with Crippen molar-refractivity contribution in [2.45, 2.75) is 0 Å². The van der Waals surface area contributed by atoms with E-state index in [2.05, 4.69) is 0 Å². The van der Waals surface area contributed by atoms with Crippen LogP contribution in [0.25, 0.3) is 0 Å². The van der Waals surface area contributed by atoms with E-state index in [0.717, 1.165) is 0 Å². The van der Waals surface area contributed by atoms with Gasteiger partial charge in [-0.3, -0.25) is 0 Å². The minimum atomic E-state index is -4.09. The average molecular weight is 278 g/mol. The molecule has 4 rings (SSSR count). The van der Waals surface area contributed by atoms with E-state index in [4.69, 9.17) is 22.6 Å². The molecule has 0 saturated heterocycles. The first kappa shape index (κ1) is 10.9. The first-order valence-electron chi connectivity index (χ1n) is 5.79. The maximum absolute atomic E-state index is 5.82. The molecule has 19 heavy (non-hydrogen) atoms. The van der Waals surface area contributed by atoms with E-state index in [-0.39, 0.29) is 0 Å². The molecule has 0 aliphatic carbocycles. The molecule has 0 unspecified atom stereocenters. The van der Waals surface area contributed by atoms with Crippen LogP contribution in [-0.2, 0) is 4.52 Å². The van der Waals surface area contributed by atoms with Crippen LogP contribution < -0.4 is 18.1 Å². The zero-order valence-corrected chi connectivity index (χ0v) is 11.0. The van der Waals surface area contributed by atoms with E-state index < -0.39 is 7.74 Å². The molecule has 2 aromatic carbocycles. The van der Waals surface area contributed by atoms with Gasteiger partial charge in [-0.15, -0.1) is 0 Å². The van der Waals surface area contributed by atoms with Crippen LogP contribution in [0.3, 0.4) is 0 Å². The maximum atomic E-state index is 5.82. The first-order valence-corrected chi connectivity index (χ1v) is 7.62. The Bertz CT molecular complexity index is 559. The topological polar surface area (TPSA) is 46.2 Å². The van der Waals surface area contributed by atoms with Gasteiger partial charge in [0, 0.05) is 0 Å². The summed E-state index contributed by atoms with van der Waals surface area (Å²) in [6.07, 6.45) is 0. The Balaban J connectivity index is 1.83. The molecule has 0 radical (unpaired) electrons. The van der Waals surface area contributed by atoms with Crippen LogP contribution in [0.15, 0.2) is 48.5 Å². The van der Waals surface area contributed by atoms with E-state index in [1.54, 1.807) is 24.3 Å². The molecular formula is C13H11O5P. The summed E-state index contributed by atoms with van der Waals surface area (Å²) in [5.74, 6) is 2.20. The van der Waals surface area contributed by atoms with Crippen LogP contribution in [0.5, 0.6) is 23.0 Å². The fourth-order valence-corrected chi connectivity index (χ4v) is 4.52. The van der Waals surface area contributed by atoms with Crippen molar-refractivity contribution in [2.24, 2.45) is 0 Å². The molecule has 1 spiro atoms. The van der Waals surface area contributed by atoms with Gasteiger partial charge in [0.25, 0.3) is 0 Å². The van der Waals surface area contributed by atoms with Crippen molar-refractivity contribution in [1.29, 1.82) is 0 Å². The van der Waals surface area contributed by atoms with Gasteiger partial charge in [-0.05, 0) is 0 Å². The van der Waals surface area contributed by atoms with E-state index in [0.29, 0.717) is 23.0 Å². The predicted octanol–water partition coefficient (Wildman–Crippen LogP) is 3.70. The Morgan fingerprint density at radius 3 is 1.26 bits per heavy atom. The molecule has 6 heteroatoms. The molecule has 0 aromatic heterocycles. The van der Waals surface area contributed by atoms with E-state index in [9.17, 15) is 0 Å². The van der Waals surface area contributed by atoms with Crippen LogP contribution >= 0.6 is 7.74 Å². The summed E-state index contributed by atoms with van der Waals surface area (Å²) in [6.45, 7) is 0. The predicted molar refractivity (Wildman–Crippen MR) is 69.3 cm³/mol. The molecule has 2 heterocycles. The number of benzene rings is 2. The van der Waals surface area contributed by atoms with Crippen LogP contribution in [0.2, 0.25) is 0 Å². The Hall–Kier alpha value is -1.97. The quantitative estimate of drug-likeness (QED) is 0.744. The molecule has 0 amide bonds. The van der Waals surface area contributed by atoms with Crippen LogP contribution in [-0.4, -0.2) is 7.11 Å². The SMILES string of the molecule is COP12(Oc3ccccc3O1)Oc1ccccc1O2. The number of hydrogen-bond acceptors (Lipinski definition) is 5. The van der Waals surface area contributed by atoms with Crippen molar-refractivity contribution >= 4 is 7.74 Å². The van der Waals surface area contributed by atoms with Crippen LogP contribution in [0.4, 0.5) is 0 Å². The Morgan fingerprint density at radius 2 is 1.00 bits per heavy atom. The van der Waals surface area contributed by atoms with Crippen molar-refractivity contribution < 1.29 is 22.6 Å². The van der Waals surface area contributed by atoms with Gasteiger partial charge in [-0.1, -0.05) is 0 Å². The van der Waals surface area contributed by atoms with E-state index in [1.807, 2.05) is 24.3 Å². The first-order chi connectivity index (χ1) is 9.22.